The molecule has 0 spiro atoms. The van der Waals surface area contributed by atoms with Gasteiger partial charge in [0.05, 0.1) is 34.6 Å². The number of ether oxygens (including phenoxy) is 1. The summed E-state index contributed by atoms with van der Waals surface area (Å²) < 4.78 is 22.3. The molecule has 9 heteroatoms. The number of allylic oxidation sites excluding steroid dienone is 1. The monoisotopic (exact) mass is 431 g/mol. The van der Waals surface area contributed by atoms with Crippen molar-refractivity contribution in [2.45, 2.75) is 26.2 Å². The van der Waals surface area contributed by atoms with E-state index < -0.39 is 12.1 Å². The molecule has 1 atom stereocenters. The number of carbonyl (C=O) groups excluding carboxylic acids is 1. The first kappa shape index (κ1) is 18.8. The van der Waals surface area contributed by atoms with Gasteiger partial charge in [0.2, 0.25) is 6.20 Å². The third-order valence-corrected chi connectivity index (χ3v) is 6.16. The third kappa shape index (κ3) is 2.42. The van der Waals surface area contributed by atoms with E-state index in [0.717, 1.165) is 22.1 Å². The predicted molar refractivity (Wildman–Crippen MR) is 114 cm³/mol. The number of rotatable bonds is 1. The van der Waals surface area contributed by atoms with E-state index >= 15 is 0 Å². The first-order valence-electron chi connectivity index (χ1n) is 9.94. The van der Waals surface area contributed by atoms with Crippen LogP contribution in [-0.2, 0) is 22.7 Å². The Morgan fingerprint density at radius 1 is 1.28 bits per heavy atom. The first-order valence-corrected chi connectivity index (χ1v) is 9.94. The zero-order valence-corrected chi connectivity index (χ0v) is 16.9. The molecule has 0 fully saturated rings. The van der Waals surface area contributed by atoms with Crippen LogP contribution in [0.2, 0.25) is 0 Å². The average Bonchev–Trinajstić information content (AvgIpc) is 3.34. The molecule has 32 heavy (non-hydrogen) atoms. The van der Waals surface area contributed by atoms with Crippen molar-refractivity contribution in [3.8, 4) is 11.4 Å². The van der Waals surface area contributed by atoms with Crippen LogP contribution in [-0.4, -0.2) is 38.2 Å². The normalized spacial score (nSPS) is 18.5. The molecule has 3 aliphatic heterocycles. The van der Waals surface area contributed by atoms with Gasteiger partial charge in [-0.15, -0.1) is 0 Å². The molecule has 0 saturated heterocycles. The van der Waals surface area contributed by atoms with Crippen LogP contribution < -0.4 is 5.56 Å². The summed E-state index contributed by atoms with van der Waals surface area (Å²) in [6, 6.07) is 4.71. The molecule has 3 aromatic rings. The molecule has 158 valence electrons. The van der Waals surface area contributed by atoms with E-state index in [4.69, 9.17) is 4.74 Å². The highest BCUT2D eigenvalue weighted by Crippen LogP contribution is 2.40. The number of nitrogens with zero attached hydrogens (tertiary/aromatic N) is 4. The molecule has 0 unspecified atom stereocenters. The standard InChI is InChI=1S/C23H16FN4O4/c1-10-3-13-17(5-16(10)24)26-20-14(19(13)11-6-25-27(2)7-11)8-28-18(20)4-12-15(22(28)30)9-32-23(31)21(12)29/h3-7,21,29H,2,8-9H2,1H3/q+1/t21-/m0/s1. The van der Waals surface area contributed by atoms with Gasteiger partial charge >= 0.3 is 5.97 Å². The number of fused-ring (bicyclic) bond motifs is 5. The van der Waals surface area contributed by atoms with Gasteiger partial charge in [-0.05, 0) is 29.7 Å². The fourth-order valence-corrected chi connectivity index (χ4v) is 4.58. The summed E-state index contributed by atoms with van der Waals surface area (Å²) in [7, 11) is 0. The van der Waals surface area contributed by atoms with Crippen LogP contribution in [0.1, 0.15) is 33.9 Å². The van der Waals surface area contributed by atoms with Crippen LogP contribution in [0.5, 0.6) is 0 Å². The molecule has 2 aromatic heterocycles. The van der Waals surface area contributed by atoms with Gasteiger partial charge in [0.1, 0.15) is 18.6 Å². The Kier molecular flexibility index (Phi) is 3.68. The minimum absolute atomic E-state index is 0.193. The van der Waals surface area contributed by atoms with Crippen molar-refractivity contribution < 1.29 is 23.7 Å². The summed E-state index contributed by atoms with van der Waals surface area (Å²) in [4.78, 5) is 29.8. The number of aromatic nitrogens is 2. The van der Waals surface area contributed by atoms with Gasteiger partial charge < -0.3 is 14.4 Å². The van der Waals surface area contributed by atoms with E-state index in [9.17, 15) is 19.1 Å². The molecule has 0 saturated carbocycles. The number of hydrogen-bond donors (Lipinski definition) is 1. The SMILES string of the molecule is C=[N+]1C=C(c2c3c(nc4cc(F)c(C)cc24)-c2cc4c(c(=O)n2C3)COC(=O)[C@H]4O)C=N1. The molecule has 0 bridgehead atoms. The van der Waals surface area contributed by atoms with Crippen LogP contribution in [0.3, 0.4) is 0 Å². The second-order valence-electron chi connectivity index (χ2n) is 8.07. The smallest absolute Gasteiger partial charge is 0.340 e. The number of carbonyl (C=O) groups is 1. The Morgan fingerprint density at radius 3 is 2.84 bits per heavy atom. The summed E-state index contributed by atoms with van der Waals surface area (Å²) in [6.45, 7) is 5.52. The first-order chi connectivity index (χ1) is 15.3. The number of cyclic esters (lactones) is 1. The minimum Gasteiger partial charge on any atom is -0.458 e. The molecule has 1 aromatic carbocycles. The highest BCUT2D eigenvalue weighted by Gasteiger charge is 2.35. The average molecular weight is 431 g/mol. The number of halogens is 1. The number of hydrogen-bond acceptors (Lipinski definition) is 6. The number of pyridine rings is 2. The van der Waals surface area contributed by atoms with Crippen molar-refractivity contribution >= 4 is 35.4 Å². The second kappa shape index (κ2) is 6.27. The van der Waals surface area contributed by atoms with Crippen molar-refractivity contribution in [3.05, 3.63) is 68.4 Å². The van der Waals surface area contributed by atoms with E-state index in [1.807, 2.05) is 0 Å². The van der Waals surface area contributed by atoms with Crippen molar-refractivity contribution in [1.29, 1.82) is 0 Å². The van der Waals surface area contributed by atoms with E-state index in [1.165, 1.54) is 10.8 Å². The summed E-state index contributed by atoms with van der Waals surface area (Å²) in [5, 5.41) is 15.2. The maximum atomic E-state index is 14.4. The van der Waals surface area contributed by atoms with Crippen LogP contribution in [0.4, 0.5) is 4.39 Å². The molecule has 0 amide bonds. The van der Waals surface area contributed by atoms with Crippen LogP contribution >= 0.6 is 0 Å². The number of aliphatic hydroxyl groups is 1. The number of aliphatic hydroxyl groups excluding tert-OH is 1. The maximum Gasteiger partial charge on any atom is 0.340 e. The number of aryl methyl sites for hydroxylation is 1. The fraction of sp³-hybridized carbons (Fsp3) is 0.174. The molecule has 0 radical (unpaired) electrons. The Balaban J connectivity index is 1.70. The van der Waals surface area contributed by atoms with Crippen molar-refractivity contribution in [3.63, 3.8) is 0 Å². The van der Waals surface area contributed by atoms with E-state index in [-0.39, 0.29) is 35.7 Å². The lowest BCUT2D eigenvalue weighted by Gasteiger charge is -2.21. The molecule has 1 N–H and O–H groups in total. The van der Waals surface area contributed by atoms with E-state index in [2.05, 4.69) is 16.8 Å². The number of esters is 1. The van der Waals surface area contributed by atoms with Gasteiger partial charge in [-0.2, -0.15) is 0 Å². The highest BCUT2D eigenvalue weighted by molar-refractivity contribution is 6.16. The molecule has 0 aliphatic carbocycles. The van der Waals surface area contributed by atoms with Crippen molar-refractivity contribution in [1.82, 2.24) is 9.55 Å². The quantitative estimate of drug-likeness (QED) is 0.367. The van der Waals surface area contributed by atoms with Gasteiger partial charge in [0.15, 0.2) is 12.8 Å². The lowest BCUT2D eigenvalue weighted by Crippen LogP contribution is -2.32. The summed E-state index contributed by atoms with van der Waals surface area (Å²) in [5.74, 6) is -1.18. The Bertz CT molecular complexity index is 1550. The van der Waals surface area contributed by atoms with Gasteiger partial charge in [0, 0.05) is 28.1 Å². The lowest BCUT2D eigenvalue weighted by atomic mass is 9.94. The van der Waals surface area contributed by atoms with Crippen molar-refractivity contribution in [2.24, 2.45) is 5.10 Å². The maximum absolute atomic E-state index is 14.4. The molecule has 8 nitrogen and oxygen atoms in total. The summed E-state index contributed by atoms with van der Waals surface area (Å²) in [5.41, 5.74) is 4.30. The zero-order valence-electron chi connectivity index (χ0n) is 16.9. The van der Waals surface area contributed by atoms with Crippen molar-refractivity contribution in [2.75, 3.05) is 0 Å². The molecular formula is C23H16FN4O4+. The predicted octanol–water partition coefficient (Wildman–Crippen LogP) is 2.02. The number of benzene rings is 1. The topological polar surface area (TPSA) is 96.8 Å². The molecule has 5 heterocycles. The van der Waals surface area contributed by atoms with E-state index in [1.54, 1.807) is 36.0 Å². The van der Waals surface area contributed by atoms with Crippen LogP contribution in [0.15, 0.2) is 34.3 Å². The third-order valence-electron chi connectivity index (χ3n) is 6.16. The lowest BCUT2D eigenvalue weighted by molar-refractivity contribution is -0.447. The van der Waals surface area contributed by atoms with E-state index in [0.29, 0.717) is 22.5 Å². The Morgan fingerprint density at radius 2 is 2.09 bits per heavy atom. The molecule has 3 aliphatic rings. The summed E-state index contributed by atoms with van der Waals surface area (Å²) in [6.07, 6.45) is 1.88. The van der Waals surface area contributed by atoms with Gasteiger partial charge in [-0.25, -0.2) is 14.2 Å². The highest BCUT2D eigenvalue weighted by atomic mass is 19.1. The fourth-order valence-electron chi connectivity index (χ4n) is 4.58. The number of hydrazone groups is 1. The molecule has 6 rings (SSSR count). The molecular weight excluding hydrogens is 415 g/mol. The Labute approximate surface area is 180 Å². The Hall–Kier alpha value is -3.98. The zero-order chi connectivity index (χ0) is 22.3. The van der Waals surface area contributed by atoms with Gasteiger partial charge in [-0.1, -0.05) is 4.68 Å². The van der Waals surface area contributed by atoms with Crippen LogP contribution in [0, 0.1) is 12.7 Å². The van der Waals surface area contributed by atoms with Crippen LogP contribution in [0.25, 0.3) is 27.9 Å². The second-order valence-corrected chi connectivity index (χ2v) is 8.07. The van der Waals surface area contributed by atoms with Gasteiger partial charge in [0.25, 0.3) is 5.56 Å². The van der Waals surface area contributed by atoms with Gasteiger partial charge in [-0.3, -0.25) is 4.79 Å². The largest absolute Gasteiger partial charge is 0.458 e. The minimum atomic E-state index is -1.54. The summed E-state index contributed by atoms with van der Waals surface area (Å²) >= 11 is 0.